The van der Waals surface area contributed by atoms with Gasteiger partial charge < -0.3 is 9.72 Å². The number of imidazole rings is 1. The maximum atomic E-state index is 4.74. The fourth-order valence-corrected chi connectivity index (χ4v) is 3.37. The van der Waals surface area contributed by atoms with E-state index in [2.05, 4.69) is 44.0 Å². The van der Waals surface area contributed by atoms with Gasteiger partial charge in [-0.25, -0.2) is 4.98 Å². The minimum absolute atomic E-state index is 0.615. The molecule has 1 saturated carbocycles. The van der Waals surface area contributed by atoms with Crippen LogP contribution in [0.2, 0.25) is 0 Å². The molecule has 0 spiro atoms. The van der Waals surface area contributed by atoms with Crippen LogP contribution in [-0.2, 0) is 0 Å². The molecule has 0 aromatic carbocycles. The molecule has 1 aliphatic rings. The van der Waals surface area contributed by atoms with E-state index in [1.807, 2.05) is 7.05 Å². The number of rotatable bonds is 2. The quantitative estimate of drug-likeness (QED) is 0.901. The molecule has 96 valence electrons. The standard InChI is InChI=1S/C14H18BrN3/c1-16-11-7-8-12-13(15)17-14(18(12)9-11)10-5-3-2-4-6-10/h7-10,16H,2-6H2,1H3. The fraction of sp³-hybridized carbons (Fsp3) is 0.500. The average molecular weight is 308 g/mol. The fourth-order valence-electron chi connectivity index (χ4n) is 2.87. The molecule has 1 fully saturated rings. The van der Waals surface area contributed by atoms with Gasteiger partial charge in [-0.05, 0) is 40.9 Å². The number of halogens is 1. The first-order valence-electron chi connectivity index (χ1n) is 6.65. The Labute approximate surface area is 116 Å². The van der Waals surface area contributed by atoms with Crippen LogP contribution in [-0.4, -0.2) is 16.4 Å². The Morgan fingerprint density at radius 2 is 2.06 bits per heavy atom. The Morgan fingerprint density at radius 3 is 2.78 bits per heavy atom. The molecule has 0 aliphatic heterocycles. The van der Waals surface area contributed by atoms with Crippen molar-refractivity contribution in [1.82, 2.24) is 9.38 Å². The van der Waals surface area contributed by atoms with E-state index >= 15 is 0 Å². The Hall–Kier alpha value is -1.03. The number of anilines is 1. The first-order valence-corrected chi connectivity index (χ1v) is 7.44. The molecule has 1 N–H and O–H groups in total. The van der Waals surface area contributed by atoms with Crippen LogP contribution in [0.5, 0.6) is 0 Å². The molecule has 4 heteroatoms. The van der Waals surface area contributed by atoms with Crippen LogP contribution in [0.3, 0.4) is 0 Å². The van der Waals surface area contributed by atoms with Crippen LogP contribution >= 0.6 is 15.9 Å². The number of pyridine rings is 1. The van der Waals surface area contributed by atoms with E-state index in [1.165, 1.54) is 37.9 Å². The van der Waals surface area contributed by atoms with E-state index in [9.17, 15) is 0 Å². The summed E-state index contributed by atoms with van der Waals surface area (Å²) in [7, 11) is 1.95. The van der Waals surface area contributed by atoms with Crippen LogP contribution in [0.1, 0.15) is 43.8 Å². The molecule has 18 heavy (non-hydrogen) atoms. The number of hydrogen-bond donors (Lipinski definition) is 1. The van der Waals surface area contributed by atoms with Crippen molar-refractivity contribution < 1.29 is 0 Å². The molecule has 0 radical (unpaired) electrons. The van der Waals surface area contributed by atoms with Crippen LogP contribution in [0.25, 0.3) is 5.52 Å². The lowest BCUT2D eigenvalue weighted by Gasteiger charge is -2.20. The highest BCUT2D eigenvalue weighted by molar-refractivity contribution is 9.10. The van der Waals surface area contributed by atoms with E-state index in [0.717, 1.165) is 15.8 Å². The lowest BCUT2D eigenvalue weighted by atomic mass is 9.89. The van der Waals surface area contributed by atoms with Crippen molar-refractivity contribution in [3.63, 3.8) is 0 Å². The summed E-state index contributed by atoms with van der Waals surface area (Å²) in [6, 6.07) is 4.21. The topological polar surface area (TPSA) is 29.3 Å². The molecule has 0 amide bonds. The van der Waals surface area contributed by atoms with Gasteiger partial charge in [-0.3, -0.25) is 0 Å². The summed E-state index contributed by atoms with van der Waals surface area (Å²) in [4.78, 5) is 4.74. The zero-order chi connectivity index (χ0) is 12.5. The second-order valence-corrected chi connectivity index (χ2v) is 5.77. The molecule has 0 bridgehead atoms. The molecule has 0 atom stereocenters. The van der Waals surface area contributed by atoms with Gasteiger partial charge in [0.05, 0.1) is 11.2 Å². The minimum atomic E-state index is 0.615. The Balaban J connectivity index is 2.09. The van der Waals surface area contributed by atoms with Gasteiger partial charge in [-0.15, -0.1) is 0 Å². The summed E-state index contributed by atoms with van der Waals surface area (Å²) in [5.41, 5.74) is 2.29. The van der Waals surface area contributed by atoms with E-state index in [-0.39, 0.29) is 0 Å². The highest BCUT2D eigenvalue weighted by atomic mass is 79.9. The number of hydrogen-bond acceptors (Lipinski definition) is 2. The van der Waals surface area contributed by atoms with Crippen molar-refractivity contribution in [3.8, 4) is 0 Å². The molecule has 3 nitrogen and oxygen atoms in total. The lowest BCUT2D eigenvalue weighted by molar-refractivity contribution is 0.427. The average Bonchev–Trinajstić information content (AvgIpc) is 2.76. The summed E-state index contributed by atoms with van der Waals surface area (Å²) < 4.78 is 3.21. The lowest BCUT2D eigenvalue weighted by Crippen LogP contribution is -2.08. The highest BCUT2D eigenvalue weighted by Gasteiger charge is 2.21. The van der Waals surface area contributed by atoms with Crippen LogP contribution < -0.4 is 5.32 Å². The monoisotopic (exact) mass is 307 g/mol. The van der Waals surface area contributed by atoms with Crippen molar-refractivity contribution in [1.29, 1.82) is 0 Å². The number of fused-ring (bicyclic) bond motifs is 1. The maximum Gasteiger partial charge on any atom is 0.132 e. The second-order valence-electron chi connectivity index (χ2n) is 5.02. The first-order chi connectivity index (χ1) is 8.79. The van der Waals surface area contributed by atoms with Crippen molar-refractivity contribution in [2.45, 2.75) is 38.0 Å². The first kappa shape index (κ1) is 12.0. The molecule has 1 aliphatic carbocycles. The van der Waals surface area contributed by atoms with Crippen molar-refractivity contribution >= 4 is 27.1 Å². The molecule has 0 unspecified atom stereocenters. The predicted molar refractivity (Wildman–Crippen MR) is 78.3 cm³/mol. The Kier molecular flexibility index (Phi) is 3.29. The third kappa shape index (κ3) is 2.03. The predicted octanol–water partition coefficient (Wildman–Crippen LogP) is 4.19. The normalized spacial score (nSPS) is 17.2. The largest absolute Gasteiger partial charge is 0.387 e. The number of nitrogens with zero attached hydrogens (tertiary/aromatic N) is 2. The third-order valence-electron chi connectivity index (χ3n) is 3.88. The zero-order valence-electron chi connectivity index (χ0n) is 10.6. The van der Waals surface area contributed by atoms with Crippen LogP contribution in [0, 0.1) is 0 Å². The Morgan fingerprint density at radius 1 is 1.28 bits per heavy atom. The number of aromatic nitrogens is 2. The molecular formula is C14H18BrN3. The summed E-state index contributed by atoms with van der Waals surface area (Å²) in [6.07, 6.45) is 8.75. The maximum absolute atomic E-state index is 4.74. The van der Waals surface area contributed by atoms with Gasteiger partial charge in [0.25, 0.3) is 0 Å². The summed E-state index contributed by atoms with van der Waals surface area (Å²) >= 11 is 3.58. The van der Waals surface area contributed by atoms with E-state index in [1.54, 1.807) is 0 Å². The SMILES string of the molecule is CNc1ccc2c(Br)nc(C3CCCCC3)n2c1. The van der Waals surface area contributed by atoms with Crippen LogP contribution in [0.15, 0.2) is 22.9 Å². The van der Waals surface area contributed by atoms with Gasteiger partial charge in [0.1, 0.15) is 10.4 Å². The minimum Gasteiger partial charge on any atom is -0.387 e. The van der Waals surface area contributed by atoms with Gasteiger partial charge in [0.2, 0.25) is 0 Å². The molecule has 2 aromatic heterocycles. The molecule has 2 heterocycles. The molecule has 0 saturated heterocycles. The highest BCUT2D eigenvalue weighted by Crippen LogP contribution is 2.34. The zero-order valence-corrected chi connectivity index (χ0v) is 12.2. The van der Waals surface area contributed by atoms with Gasteiger partial charge in [-0.1, -0.05) is 19.3 Å². The van der Waals surface area contributed by atoms with Gasteiger partial charge >= 0.3 is 0 Å². The summed E-state index contributed by atoms with van der Waals surface area (Å²) in [5.74, 6) is 1.83. The van der Waals surface area contributed by atoms with E-state index < -0.39 is 0 Å². The van der Waals surface area contributed by atoms with Gasteiger partial charge in [0.15, 0.2) is 0 Å². The van der Waals surface area contributed by atoms with E-state index in [0.29, 0.717) is 5.92 Å². The van der Waals surface area contributed by atoms with Crippen molar-refractivity contribution in [2.24, 2.45) is 0 Å². The summed E-state index contributed by atoms with van der Waals surface area (Å²) in [5, 5.41) is 3.19. The second kappa shape index (κ2) is 4.92. The Bertz CT molecular complexity index is 555. The van der Waals surface area contributed by atoms with E-state index in [4.69, 9.17) is 4.98 Å². The number of nitrogens with one attached hydrogen (secondary N) is 1. The van der Waals surface area contributed by atoms with Gasteiger partial charge in [-0.2, -0.15) is 0 Å². The third-order valence-corrected chi connectivity index (χ3v) is 4.46. The van der Waals surface area contributed by atoms with Crippen LogP contribution in [0.4, 0.5) is 5.69 Å². The smallest absolute Gasteiger partial charge is 0.132 e. The summed E-state index contributed by atoms with van der Waals surface area (Å²) in [6.45, 7) is 0. The van der Waals surface area contributed by atoms with Crippen molar-refractivity contribution in [3.05, 3.63) is 28.8 Å². The van der Waals surface area contributed by atoms with Crippen molar-refractivity contribution in [2.75, 3.05) is 12.4 Å². The van der Waals surface area contributed by atoms with Gasteiger partial charge in [0, 0.05) is 19.2 Å². The molecular weight excluding hydrogens is 290 g/mol. The molecule has 2 aromatic rings. The molecule has 3 rings (SSSR count).